The second-order valence-electron chi connectivity index (χ2n) is 5.85. The van der Waals surface area contributed by atoms with Gasteiger partial charge in [0.2, 0.25) is 0 Å². The topological polar surface area (TPSA) is 82.6 Å². The number of carbonyl (C=O) groups excluding carboxylic acids is 1. The zero-order valence-electron chi connectivity index (χ0n) is 14.8. The number of methoxy groups -OCH3 is 3. The molecule has 0 bridgehead atoms. The summed E-state index contributed by atoms with van der Waals surface area (Å²) in [6.45, 7) is 0.356. The molecule has 0 spiro atoms. The number of carbonyl (C=O) groups is 1. The number of nitrogens with one attached hydrogen (secondary N) is 1. The number of hydrogen-bond acceptors (Lipinski definition) is 7. The maximum absolute atomic E-state index is 12.0. The van der Waals surface area contributed by atoms with Gasteiger partial charge in [-0.2, -0.15) is 0 Å². The van der Waals surface area contributed by atoms with Crippen molar-refractivity contribution in [2.75, 3.05) is 26.6 Å². The van der Waals surface area contributed by atoms with Crippen molar-refractivity contribution in [1.29, 1.82) is 0 Å². The molecule has 0 unspecified atom stereocenters. The van der Waals surface area contributed by atoms with Gasteiger partial charge in [-0.1, -0.05) is 17.7 Å². The van der Waals surface area contributed by atoms with Crippen LogP contribution in [-0.2, 0) is 11.3 Å². The minimum Gasteiger partial charge on any atom is -0.496 e. The summed E-state index contributed by atoms with van der Waals surface area (Å²) in [5, 5.41) is 3.30. The molecule has 26 heavy (non-hydrogen) atoms. The van der Waals surface area contributed by atoms with Crippen LogP contribution < -0.4 is 14.8 Å². The van der Waals surface area contributed by atoms with Gasteiger partial charge in [0, 0.05) is 12.5 Å². The fourth-order valence-corrected chi connectivity index (χ4v) is 2.84. The van der Waals surface area contributed by atoms with Gasteiger partial charge in [0.25, 0.3) is 0 Å². The van der Waals surface area contributed by atoms with E-state index >= 15 is 0 Å². The molecule has 1 aliphatic carbocycles. The minimum absolute atomic E-state index is 0.0700. The fraction of sp³-hybridized carbons (Fsp3) is 0.389. The number of esters is 1. The maximum atomic E-state index is 12.0. The first kappa shape index (κ1) is 18.3. The first-order valence-corrected chi connectivity index (χ1v) is 8.56. The lowest BCUT2D eigenvalue weighted by atomic mass is 10.1. The largest absolute Gasteiger partial charge is 0.496 e. The van der Waals surface area contributed by atoms with Crippen LogP contribution in [0.25, 0.3) is 0 Å². The number of hydrogen-bond donors (Lipinski definition) is 1. The molecule has 1 N–H and O–H groups in total. The van der Waals surface area contributed by atoms with E-state index in [0.29, 0.717) is 29.7 Å². The summed E-state index contributed by atoms with van der Waals surface area (Å²) >= 11 is 6.34. The van der Waals surface area contributed by atoms with Crippen LogP contribution in [0.3, 0.4) is 0 Å². The van der Waals surface area contributed by atoms with Crippen molar-refractivity contribution >= 4 is 23.4 Å². The monoisotopic (exact) mass is 377 g/mol. The molecular formula is C18H20ClN3O4. The predicted molar refractivity (Wildman–Crippen MR) is 97.2 cm³/mol. The summed E-state index contributed by atoms with van der Waals surface area (Å²) in [6, 6.07) is 5.53. The number of anilines is 1. The van der Waals surface area contributed by atoms with E-state index in [1.165, 1.54) is 7.11 Å². The molecule has 2 aromatic rings. The smallest absolute Gasteiger partial charge is 0.358 e. The molecular weight excluding hydrogens is 358 g/mol. The van der Waals surface area contributed by atoms with Gasteiger partial charge in [-0.3, -0.25) is 0 Å². The standard InChI is InChI=1S/C18H20ClN3O4/c1-24-12-5-4-6-13(25-2)11(12)9-20-17-14(19)15(18(23)26-3)21-16(22-17)10-7-8-10/h4-6,10H,7-9H2,1-3H3,(H,20,21,22). The summed E-state index contributed by atoms with van der Waals surface area (Å²) in [5.74, 6) is 2.02. The molecule has 1 aromatic carbocycles. The van der Waals surface area contributed by atoms with Gasteiger partial charge in [-0.25, -0.2) is 14.8 Å². The molecule has 8 heteroatoms. The SMILES string of the molecule is COC(=O)c1nc(C2CC2)nc(NCc2c(OC)cccc2OC)c1Cl. The summed E-state index contributed by atoms with van der Waals surface area (Å²) in [5.41, 5.74) is 0.889. The van der Waals surface area contributed by atoms with Crippen LogP contribution >= 0.6 is 11.6 Å². The lowest BCUT2D eigenvalue weighted by molar-refractivity contribution is 0.0593. The normalized spacial score (nSPS) is 13.2. The van der Waals surface area contributed by atoms with E-state index in [2.05, 4.69) is 15.3 Å². The zero-order chi connectivity index (χ0) is 18.7. The number of nitrogens with zero attached hydrogens (tertiary/aromatic N) is 2. The predicted octanol–water partition coefficient (Wildman–Crippen LogP) is 3.42. The van der Waals surface area contributed by atoms with Crippen molar-refractivity contribution in [3.05, 3.63) is 40.3 Å². The van der Waals surface area contributed by atoms with Crippen LogP contribution in [0.15, 0.2) is 18.2 Å². The highest BCUT2D eigenvalue weighted by atomic mass is 35.5. The molecule has 1 aliphatic rings. The van der Waals surface area contributed by atoms with Crippen molar-refractivity contribution in [2.24, 2.45) is 0 Å². The first-order chi connectivity index (χ1) is 12.6. The lowest BCUT2D eigenvalue weighted by Gasteiger charge is -2.15. The fourth-order valence-electron chi connectivity index (χ4n) is 2.61. The van der Waals surface area contributed by atoms with Crippen LogP contribution in [-0.4, -0.2) is 37.3 Å². The summed E-state index contributed by atoms with van der Waals surface area (Å²) in [7, 11) is 4.48. The molecule has 0 amide bonds. The summed E-state index contributed by atoms with van der Waals surface area (Å²) < 4.78 is 15.6. The van der Waals surface area contributed by atoms with Crippen molar-refractivity contribution in [2.45, 2.75) is 25.3 Å². The third kappa shape index (κ3) is 3.67. The minimum atomic E-state index is -0.586. The molecule has 1 fully saturated rings. The lowest BCUT2D eigenvalue weighted by Crippen LogP contribution is -2.13. The average molecular weight is 378 g/mol. The summed E-state index contributed by atoms with van der Waals surface area (Å²) in [6.07, 6.45) is 2.00. The van der Waals surface area contributed by atoms with Crippen molar-refractivity contribution in [3.63, 3.8) is 0 Å². The van der Waals surface area contributed by atoms with E-state index in [0.717, 1.165) is 18.4 Å². The Hall–Kier alpha value is -2.54. The Morgan fingerprint density at radius 1 is 1.19 bits per heavy atom. The van der Waals surface area contributed by atoms with Crippen LogP contribution in [0.4, 0.5) is 5.82 Å². The maximum Gasteiger partial charge on any atom is 0.358 e. The van der Waals surface area contributed by atoms with Gasteiger partial charge in [-0.15, -0.1) is 0 Å². The Bertz CT molecular complexity index is 802. The highest BCUT2D eigenvalue weighted by Crippen LogP contribution is 2.40. The zero-order valence-corrected chi connectivity index (χ0v) is 15.6. The van der Waals surface area contributed by atoms with Gasteiger partial charge in [0.05, 0.1) is 26.9 Å². The number of aromatic nitrogens is 2. The second-order valence-corrected chi connectivity index (χ2v) is 6.23. The average Bonchev–Trinajstić information content (AvgIpc) is 3.51. The molecule has 0 aliphatic heterocycles. The molecule has 1 saturated carbocycles. The van der Waals surface area contributed by atoms with Crippen molar-refractivity contribution in [3.8, 4) is 11.5 Å². The quantitative estimate of drug-likeness (QED) is 0.740. The van der Waals surface area contributed by atoms with E-state index < -0.39 is 5.97 Å². The summed E-state index contributed by atoms with van der Waals surface area (Å²) in [4.78, 5) is 20.8. The van der Waals surface area contributed by atoms with E-state index in [4.69, 9.17) is 25.8 Å². The molecule has 0 radical (unpaired) electrons. The van der Waals surface area contributed by atoms with Gasteiger partial charge in [-0.05, 0) is 25.0 Å². The Kier molecular flexibility index (Phi) is 5.46. The molecule has 1 heterocycles. The van der Waals surface area contributed by atoms with Crippen LogP contribution in [0.2, 0.25) is 5.02 Å². The van der Waals surface area contributed by atoms with Crippen molar-refractivity contribution in [1.82, 2.24) is 9.97 Å². The van der Waals surface area contributed by atoms with Gasteiger partial charge in [0.15, 0.2) is 5.69 Å². The number of rotatable bonds is 7. The van der Waals surface area contributed by atoms with Crippen LogP contribution in [0.1, 0.15) is 40.6 Å². The molecule has 138 valence electrons. The third-order valence-corrected chi connectivity index (χ3v) is 4.51. The molecule has 1 aromatic heterocycles. The van der Waals surface area contributed by atoms with Crippen LogP contribution in [0, 0.1) is 0 Å². The van der Waals surface area contributed by atoms with E-state index in [1.807, 2.05) is 18.2 Å². The van der Waals surface area contributed by atoms with Gasteiger partial charge in [0.1, 0.15) is 28.2 Å². The van der Waals surface area contributed by atoms with Gasteiger partial charge < -0.3 is 19.5 Å². The second kappa shape index (κ2) is 7.78. The first-order valence-electron chi connectivity index (χ1n) is 8.18. The Balaban J connectivity index is 1.93. The number of halogens is 1. The molecule has 0 saturated heterocycles. The number of benzene rings is 1. The van der Waals surface area contributed by atoms with E-state index in [-0.39, 0.29) is 16.6 Å². The highest BCUT2D eigenvalue weighted by Gasteiger charge is 2.30. The third-order valence-electron chi connectivity index (χ3n) is 4.15. The van der Waals surface area contributed by atoms with Crippen LogP contribution in [0.5, 0.6) is 11.5 Å². The van der Waals surface area contributed by atoms with E-state index in [9.17, 15) is 4.79 Å². The van der Waals surface area contributed by atoms with E-state index in [1.54, 1.807) is 14.2 Å². The van der Waals surface area contributed by atoms with Crippen molar-refractivity contribution < 1.29 is 19.0 Å². The number of ether oxygens (including phenoxy) is 3. The Labute approximate surface area is 156 Å². The Morgan fingerprint density at radius 2 is 1.85 bits per heavy atom. The molecule has 0 atom stereocenters. The highest BCUT2D eigenvalue weighted by molar-refractivity contribution is 6.35. The van der Waals surface area contributed by atoms with Gasteiger partial charge >= 0.3 is 5.97 Å². The molecule has 3 rings (SSSR count). The molecule has 7 nitrogen and oxygen atoms in total. The Morgan fingerprint density at radius 3 is 2.38 bits per heavy atom.